The van der Waals surface area contributed by atoms with Crippen molar-refractivity contribution in [3.8, 4) is 10.4 Å². The van der Waals surface area contributed by atoms with Crippen LogP contribution in [0, 0.1) is 5.82 Å². The van der Waals surface area contributed by atoms with E-state index in [2.05, 4.69) is 27.0 Å². The normalized spacial score (nSPS) is 17.1. The lowest BCUT2D eigenvalue weighted by Gasteiger charge is -2.27. The second-order valence-electron chi connectivity index (χ2n) is 7.68. The molecule has 2 aliphatic heterocycles. The maximum Gasteiger partial charge on any atom is 0.173 e. The molecule has 0 bridgehead atoms. The van der Waals surface area contributed by atoms with Gasteiger partial charge in [-0.15, -0.1) is 11.3 Å². The molecular weight excluding hydrogens is 383 g/mol. The highest BCUT2D eigenvalue weighted by Gasteiger charge is 2.21. The number of hydrogen-bond acceptors (Lipinski definition) is 5. The smallest absolute Gasteiger partial charge is 0.173 e. The number of aliphatic imine (C=N–C) groups is 1. The van der Waals surface area contributed by atoms with Gasteiger partial charge in [-0.25, -0.2) is 14.4 Å². The van der Waals surface area contributed by atoms with E-state index < -0.39 is 0 Å². The molecule has 2 aliphatic rings. The number of aromatic nitrogens is 2. The van der Waals surface area contributed by atoms with E-state index in [0.29, 0.717) is 0 Å². The molecule has 0 radical (unpaired) electrons. The van der Waals surface area contributed by atoms with Crippen LogP contribution in [0.4, 0.5) is 4.39 Å². The van der Waals surface area contributed by atoms with E-state index in [1.807, 2.05) is 18.3 Å². The highest BCUT2D eigenvalue weighted by molar-refractivity contribution is 7.15. The minimum Gasteiger partial charge on any atom is -0.293 e. The predicted molar refractivity (Wildman–Crippen MR) is 115 cm³/mol. The fourth-order valence-corrected chi connectivity index (χ4v) is 5.04. The molecule has 0 saturated carbocycles. The summed E-state index contributed by atoms with van der Waals surface area (Å²) in [6.45, 7) is 3.70. The van der Waals surface area contributed by atoms with Gasteiger partial charge in [0.25, 0.3) is 0 Å². The molecule has 29 heavy (non-hydrogen) atoms. The monoisotopic (exact) mass is 406 g/mol. The Morgan fingerprint density at radius 1 is 1.03 bits per heavy atom. The van der Waals surface area contributed by atoms with E-state index in [4.69, 9.17) is 4.98 Å². The third-order valence-electron chi connectivity index (χ3n) is 5.57. The fourth-order valence-electron chi connectivity index (χ4n) is 3.98. The Kier molecular flexibility index (Phi) is 5.21. The average molecular weight is 407 g/mol. The van der Waals surface area contributed by atoms with Crippen molar-refractivity contribution in [1.29, 1.82) is 0 Å². The standard InChI is InChI=1S/C23H23FN4S/c24-18-6-4-16(5-7-18)22-9-8-19(29-22)15-28-12-10-20-17(14-28)13-26-23(27-20)21-3-1-2-11-25-21/h4-9,13H,1-3,10-12,14-15H2. The molecule has 0 saturated heterocycles. The molecule has 4 nitrogen and oxygen atoms in total. The Morgan fingerprint density at radius 3 is 2.76 bits per heavy atom. The van der Waals surface area contributed by atoms with E-state index in [1.54, 1.807) is 11.3 Å². The minimum absolute atomic E-state index is 0.196. The molecule has 0 unspecified atom stereocenters. The quantitative estimate of drug-likeness (QED) is 0.620. The van der Waals surface area contributed by atoms with Crippen molar-refractivity contribution in [2.24, 2.45) is 4.99 Å². The summed E-state index contributed by atoms with van der Waals surface area (Å²) in [5.74, 6) is 0.637. The topological polar surface area (TPSA) is 41.4 Å². The van der Waals surface area contributed by atoms with Gasteiger partial charge in [0.2, 0.25) is 0 Å². The number of halogens is 1. The molecule has 4 heterocycles. The van der Waals surface area contributed by atoms with E-state index in [-0.39, 0.29) is 5.82 Å². The number of thiophene rings is 1. The van der Waals surface area contributed by atoms with Crippen molar-refractivity contribution in [1.82, 2.24) is 14.9 Å². The Labute approximate surface area is 174 Å². The first-order valence-electron chi connectivity index (χ1n) is 10.2. The van der Waals surface area contributed by atoms with Gasteiger partial charge >= 0.3 is 0 Å². The lowest BCUT2D eigenvalue weighted by molar-refractivity contribution is 0.245. The van der Waals surface area contributed by atoms with Crippen molar-refractivity contribution >= 4 is 17.0 Å². The van der Waals surface area contributed by atoms with E-state index in [1.165, 1.54) is 46.0 Å². The van der Waals surface area contributed by atoms with E-state index in [9.17, 15) is 4.39 Å². The minimum atomic E-state index is -0.196. The second kappa shape index (κ2) is 8.13. The summed E-state index contributed by atoms with van der Waals surface area (Å²) in [5, 5.41) is 0. The highest BCUT2D eigenvalue weighted by Crippen LogP contribution is 2.30. The number of benzene rings is 1. The molecule has 3 aromatic rings. The van der Waals surface area contributed by atoms with Crippen molar-refractivity contribution in [2.75, 3.05) is 13.1 Å². The van der Waals surface area contributed by atoms with Crippen LogP contribution in [0.1, 0.15) is 41.2 Å². The summed E-state index contributed by atoms with van der Waals surface area (Å²) < 4.78 is 13.1. The molecule has 2 aromatic heterocycles. The molecule has 0 atom stereocenters. The third-order valence-corrected chi connectivity index (χ3v) is 6.68. The van der Waals surface area contributed by atoms with Crippen LogP contribution < -0.4 is 0 Å². The SMILES string of the molecule is Fc1ccc(-c2ccc(CN3CCc4nc(C5=NCCCC5)ncc4C3)s2)cc1. The molecule has 0 fully saturated rings. The van der Waals surface area contributed by atoms with Gasteiger partial charge in [0.05, 0.1) is 11.4 Å². The number of rotatable bonds is 4. The molecule has 0 aliphatic carbocycles. The Morgan fingerprint density at radius 2 is 1.93 bits per heavy atom. The largest absolute Gasteiger partial charge is 0.293 e. The first-order valence-corrected chi connectivity index (χ1v) is 11.0. The van der Waals surface area contributed by atoms with E-state index >= 15 is 0 Å². The highest BCUT2D eigenvalue weighted by atomic mass is 32.1. The van der Waals surface area contributed by atoms with Gasteiger partial charge in [-0.2, -0.15) is 0 Å². The van der Waals surface area contributed by atoms with Gasteiger partial charge in [-0.3, -0.25) is 9.89 Å². The van der Waals surface area contributed by atoms with Crippen LogP contribution in [0.3, 0.4) is 0 Å². The van der Waals surface area contributed by atoms with Gasteiger partial charge in [-0.05, 0) is 49.1 Å². The van der Waals surface area contributed by atoms with Crippen molar-refractivity contribution in [3.63, 3.8) is 0 Å². The Hall–Kier alpha value is -2.44. The number of nitrogens with zero attached hydrogens (tertiary/aromatic N) is 4. The molecule has 1 aromatic carbocycles. The summed E-state index contributed by atoms with van der Waals surface area (Å²) in [7, 11) is 0. The van der Waals surface area contributed by atoms with Crippen LogP contribution in [-0.2, 0) is 19.5 Å². The molecule has 148 valence electrons. The van der Waals surface area contributed by atoms with Crippen LogP contribution in [0.2, 0.25) is 0 Å². The second-order valence-corrected chi connectivity index (χ2v) is 8.85. The van der Waals surface area contributed by atoms with Crippen molar-refractivity contribution < 1.29 is 4.39 Å². The molecule has 0 spiro atoms. The average Bonchev–Trinajstić information content (AvgIpc) is 3.23. The zero-order valence-electron chi connectivity index (χ0n) is 16.3. The van der Waals surface area contributed by atoms with Gasteiger partial charge in [-0.1, -0.05) is 12.1 Å². The van der Waals surface area contributed by atoms with Crippen LogP contribution in [0.25, 0.3) is 10.4 Å². The Bertz CT molecular complexity index is 1040. The van der Waals surface area contributed by atoms with Gasteiger partial charge in [0.15, 0.2) is 5.82 Å². The van der Waals surface area contributed by atoms with Crippen molar-refractivity contribution in [3.05, 3.63) is 70.4 Å². The molecular formula is C23H23FN4S. The summed E-state index contributed by atoms with van der Waals surface area (Å²) in [6, 6.07) is 11.0. The predicted octanol–water partition coefficient (Wildman–Crippen LogP) is 4.88. The summed E-state index contributed by atoms with van der Waals surface area (Å²) in [5.41, 5.74) is 4.55. The van der Waals surface area contributed by atoms with Gasteiger partial charge in [0.1, 0.15) is 5.82 Å². The summed E-state index contributed by atoms with van der Waals surface area (Å²) >= 11 is 1.78. The van der Waals surface area contributed by atoms with Crippen LogP contribution in [0.5, 0.6) is 0 Å². The van der Waals surface area contributed by atoms with Crippen LogP contribution in [-0.4, -0.2) is 33.7 Å². The summed E-state index contributed by atoms with van der Waals surface area (Å²) in [6.07, 6.45) is 6.32. The lowest BCUT2D eigenvalue weighted by Crippen LogP contribution is -2.31. The maximum absolute atomic E-state index is 13.1. The molecule has 0 N–H and O–H groups in total. The molecule has 0 amide bonds. The third kappa shape index (κ3) is 4.14. The summed E-state index contributed by atoms with van der Waals surface area (Å²) in [4.78, 5) is 19.0. The van der Waals surface area contributed by atoms with Gasteiger partial charge < -0.3 is 0 Å². The Balaban J connectivity index is 1.27. The fraction of sp³-hybridized carbons (Fsp3) is 0.348. The first-order chi connectivity index (χ1) is 14.2. The zero-order chi connectivity index (χ0) is 19.6. The first kappa shape index (κ1) is 18.6. The van der Waals surface area contributed by atoms with Crippen molar-refractivity contribution in [2.45, 2.75) is 38.8 Å². The lowest BCUT2D eigenvalue weighted by atomic mass is 10.1. The number of fused-ring (bicyclic) bond motifs is 1. The van der Waals surface area contributed by atoms with Crippen LogP contribution >= 0.6 is 11.3 Å². The zero-order valence-corrected chi connectivity index (χ0v) is 17.1. The van der Waals surface area contributed by atoms with E-state index in [0.717, 1.165) is 56.1 Å². The van der Waals surface area contributed by atoms with Gasteiger partial charge in [0, 0.05) is 54.1 Å². The number of hydrogen-bond donors (Lipinski definition) is 0. The molecule has 5 rings (SSSR count). The molecule has 6 heteroatoms. The maximum atomic E-state index is 13.1. The van der Waals surface area contributed by atoms with Crippen LogP contribution in [0.15, 0.2) is 47.6 Å².